The Morgan fingerprint density at radius 3 is 2.29 bits per heavy atom. The third-order valence-corrected chi connectivity index (χ3v) is 6.81. The van der Waals surface area contributed by atoms with Gasteiger partial charge >= 0.3 is 6.61 Å². The van der Waals surface area contributed by atoms with Gasteiger partial charge in [-0.2, -0.15) is 8.78 Å². The van der Waals surface area contributed by atoms with Crippen molar-refractivity contribution in [1.29, 1.82) is 0 Å². The lowest BCUT2D eigenvalue weighted by atomic mass is 9.77. The highest BCUT2D eigenvalue weighted by molar-refractivity contribution is 5.85. The third-order valence-electron chi connectivity index (χ3n) is 6.81. The number of benzene rings is 3. The van der Waals surface area contributed by atoms with Crippen LogP contribution in [0.15, 0.2) is 42.5 Å². The normalized spacial score (nSPS) is 17.9. The zero-order valence-corrected chi connectivity index (χ0v) is 19.5. The third kappa shape index (κ3) is 5.96. The molecule has 1 aliphatic rings. The lowest BCUT2D eigenvalue weighted by Crippen LogP contribution is -2.13. The maximum atomic E-state index is 15.1. The fourth-order valence-electron chi connectivity index (χ4n) is 4.91. The van der Waals surface area contributed by atoms with Gasteiger partial charge in [-0.25, -0.2) is 13.2 Å². The minimum atomic E-state index is -3.36. The van der Waals surface area contributed by atoms with Crippen LogP contribution < -0.4 is 4.74 Å². The van der Waals surface area contributed by atoms with Crippen molar-refractivity contribution in [1.82, 2.24) is 0 Å². The molecule has 0 saturated heterocycles. The first-order valence-corrected chi connectivity index (χ1v) is 12.0. The molecule has 0 spiro atoms. The number of unbranched alkanes of at least 4 members (excludes halogenated alkanes) is 1. The van der Waals surface area contributed by atoms with Crippen molar-refractivity contribution < 1.29 is 26.7 Å². The van der Waals surface area contributed by atoms with E-state index in [-0.39, 0.29) is 11.1 Å². The fraction of sp³-hybridized carbons (Fsp3) is 0.379. The van der Waals surface area contributed by atoms with Crippen molar-refractivity contribution in [3.05, 3.63) is 76.6 Å². The van der Waals surface area contributed by atoms with E-state index < -0.39 is 29.8 Å². The van der Waals surface area contributed by atoms with Crippen LogP contribution in [0, 0.1) is 35.2 Å². The van der Waals surface area contributed by atoms with Gasteiger partial charge in [0.25, 0.3) is 0 Å². The summed E-state index contributed by atoms with van der Waals surface area (Å²) in [6.07, 6.45) is 8.62. The molecule has 1 nitrogen and oxygen atoms in total. The lowest BCUT2D eigenvalue weighted by molar-refractivity contribution is -0.0546. The Hall–Kier alpha value is -3.07. The van der Waals surface area contributed by atoms with Crippen LogP contribution in [0.4, 0.5) is 22.0 Å². The molecule has 0 aromatic heterocycles. The first kappa shape index (κ1) is 25.0. The Bertz CT molecular complexity index is 1230. The number of hydrogen-bond acceptors (Lipinski definition) is 1. The summed E-state index contributed by atoms with van der Waals surface area (Å²) in [5, 5.41) is 1.21. The van der Waals surface area contributed by atoms with Gasteiger partial charge in [-0.3, -0.25) is 0 Å². The summed E-state index contributed by atoms with van der Waals surface area (Å²) in [5.74, 6) is 2.10. The zero-order valence-electron chi connectivity index (χ0n) is 19.5. The summed E-state index contributed by atoms with van der Waals surface area (Å²) in [6, 6.07) is 10.7. The monoisotopic (exact) mass is 486 g/mol. The SMILES string of the molecule is CCCCC1CCC(c2ccc3c(F)c(C#Cc4cc(F)c(OC(F)F)c(F)c4)ccc3c2)CC1. The van der Waals surface area contributed by atoms with Crippen LogP contribution in [0.3, 0.4) is 0 Å². The predicted octanol–water partition coefficient (Wildman–Crippen LogP) is 8.72. The van der Waals surface area contributed by atoms with Gasteiger partial charge in [0, 0.05) is 10.9 Å². The van der Waals surface area contributed by atoms with E-state index in [1.807, 2.05) is 12.1 Å². The van der Waals surface area contributed by atoms with Gasteiger partial charge in [0.15, 0.2) is 17.4 Å². The molecule has 6 heteroatoms. The van der Waals surface area contributed by atoms with Crippen molar-refractivity contribution >= 4 is 10.8 Å². The number of fused-ring (bicyclic) bond motifs is 1. The molecule has 35 heavy (non-hydrogen) atoms. The van der Waals surface area contributed by atoms with E-state index in [0.717, 1.165) is 36.3 Å². The van der Waals surface area contributed by atoms with Gasteiger partial charge in [0.2, 0.25) is 0 Å². The summed E-state index contributed by atoms with van der Waals surface area (Å²) < 4.78 is 71.4. The molecule has 3 aromatic carbocycles. The van der Waals surface area contributed by atoms with E-state index in [9.17, 15) is 17.6 Å². The van der Waals surface area contributed by atoms with Crippen LogP contribution in [0.5, 0.6) is 5.75 Å². The number of hydrogen-bond donors (Lipinski definition) is 0. The lowest BCUT2D eigenvalue weighted by Gasteiger charge is -2.29. The Morgan fingerprint density at radius 2 is 1.63 bits per heavy atom. The quantitative estimate of drug-likeness (QED) is 0.250. The van der Waals surface area contributed by atoms with Crippen molar-refractivity contribution in [2.24, 2.45) is 5.92 Å². The highest BCUT2D eigenvalue weighted by Gasteiger charge is 2.22. The Labute approximate surface area is 202 Å². The molecular formula is C29H27F5O. The van der Waals surface area contributed by atoms with E-state index in [4.69, 9.17) is 0 Å². The van der Waals surface area contributed by atoms with E-state index >= 15 is 4.39 Å². The maximum absolute atomic E-state index is 15.1. The number of halogens is 5. The topological polar surface area (TPSA) is 9.23 Å². The molecule has 0 radical (unpaired) electrons. The first-order valence-electron chi connectivity index (χ1n) is 12.0. The van der Waals surface area contributed by atoms with Crippen LogP contribution in [-0.2, 0) is 0 Å². The summed E-state index contributed by atoms with van der Waals surface area (Å²) in [4.78, 5) is 0. The van der Waals surface area contributed by atoms with Gasteiger partial charge in [-0.05, 0) is 66.7 Å². The maximum Gasteiger partial charge on any atom is 0.387 e. The van der Waals surface area contributed by atoms with Crippen LogP contribution in [-0.4, -0.2) is 6.61 Å². The summed E-state index contributed by atoms with van der Waals surface area (Å²) >= 11 is 0. The Balaban J connectivity index is 1.52. The largest absolute Gasteiger partial charge is 0.429 e. The van der Waals surface area contributed by atoms with Crippen molar-refractivity contribution in [2.75, 3.05) is 0 Å². The van der Waals surface area contributed by atoms with Gasteiger partial charge in [0.05, 0.1) is 5.56 Å². The molecule has 0 heterocycles. The van der Waals surface area contributed by atoms with Crippen LogP contribution in [0.1, 0.15) is 74.5 Å². The molecule has 4 rings (SSSR count). The fourth-order valence-corrected chi connectivity index (χ4v) is 4.91. The van der Waals surface area contributed by atoms with Gasteiger partial charge < -0.3 is 4.74 Å². The molecule has 3 aromatic rings. The second kappa shape index (κ2) is 11.1. The summed E-state index contributed by atoms with van der Waals surface area (Å²) in [7, 11) is 0. The predicted molar refractivity (Wildman–Crippen MR) is 127 cm³/mol. The smallest absolute Gasteiger partial charge is 0.387 e. The molecule has 1 saturated carbocycles. The second-order valence-electron chi connectivity index (χ2n) is 9.17. The zero-order chi connectivity index (χ0) is 24.9. The average molecular weight is 487 g/mol. The van der Waals surface area contributed by atoms with Crippen molar-refractivity contribution in [2.45, 2.75) is 64.4 Å². The van der Waals surface area contributed by atoms with Crippen LogP contribution in [0.2, 0.25) is 0 Å². The second-order valence-corrected chi connectivity index (χ2v) is 9.17. The molecule has 0 aliphatic heterocycles. The highest BCUT2D eigenvalue weighted by Crippen LogP contribution is 2.38. The van der Waals surface area contributed by atoms with Crippen molar-refractivity contribution in [3.63, 3.8) is 0 Å². The molecular weight excluding hydrogens is 459 g/mol. The van der Waals surface area contributed by atoms with Crippen LogP contribution in [0.25, 0.3) is 10.8 Å². The van der Waals surface area contributed by atoms with Gasteiger partial charge in [0.1, 0.15) is 5.82 Å². The molecule has 0 unspecified atom stereocenters. The highest BCUT2D eigenvalue weighted by atomic mass is 19.3. The minimum Gasteiger partial charge on any atom is -0.429 e. The van der Waals surface area contributed by atoms with E-state index in [2.05, 4.69) is 23.5 Å². The number of ether oxygens (including phenoxy) is 1. The molecule has 0 amide bonds. The standard InChI is InChI=1S/C29H27F5O/c1-2-3-4-18-5-8-20(9-6-18)22-13-14-24-23(17-22)12-11-21(27(24)32)10-7-19-15-25(30)28(26(31)16-19)35-29(33)34/h11-18,20,29H,2-6,8-9H2,1H3. The summed E-state index contributed by atoms with van der Waals surface area (Å²) in [6.45, 7) is -1.13. The van der Waals surface area contributed by atoms with E-state index in [1.54, 1.807) is 12.1 Å². The molecule has 0 N–H and O–H groups in total. The minimum absolute atomic E-state index is 0.0791. The van der Waals surface area contributed by atoms with E-state index in [0.29, 0.717) is 11.3 Å². The molecule has 1 aliphatic carbocycles. The Morgan fingerprint density at radius 1 is 0.914 bits per heavy atom. The van der Waals surface area contributed by atoms with Gasteiger partial charge in [-0.1, -0.05) is 62.3 Å². The molecule has 0 bridgehead atoms. The molecule has 1 fully saturated rings. The van der Waals surface area contributed by atoms with Crippen LogP contribution >= 0.6 is 0 Å². The molecule has 0 atom stereocenters. The average Bonchev–Trinajstić information content (AvgIpc) is 2.84. The van der Waals surface area contributed by atoms with Crippen molar-refractivity contribution in [3.8, 4) is 17.6 Å². The molecule has 184 valence electrons. The van der Waals surface area contributed by atoms with E-state index in [1.165, 1.54) is 43.7 Å². The number of rotatable bonds is 6. The first-order chi connectivity index (χ1) is 16.9. The summed E-state index contributed by atoms with van der Waals surface area (Å²) in [5.41, 5.74) is 1.18. The number of alkyl halides is 2. The van der Waals surface area contributed by atoms with Gasteiger partial charge in [-0.15, -0.1) is 0 Å². The Kier molecular flexibility index (Phi) is 7.95.